The summed E-state index contributed by atoms with van der Waals surface area (Å²) in [6, 6.07) is 5.87. The van der Waals surface area contributed by atoms with E-state index in [1.54, 1.807) is 18.3 Å². The molecule has 0 bridgehead atoms. The Morgan fingerprint density at radius 1 is 1.26 bits per heavy atom. The van der Waals surface area contributed by atoms with E-state index in [1.807, 2.05) is 0 Å². The lowest BCUT2D eigenvalue weighted by Crippen LogP contribution is -2.05. The quantitative estimate of drug-likeness (QED) is 0.592. The molecule has 0 saturated carbocycles. The summed E-state index contributed by atoms with van der Waals surface area (Å²) in [6.07, 6.45) is 1.60. The molecule has 3 rings (SSSR count). The standard InChI is InChI=1S/C15H10BrClF2N2O2/c1-22-7-23-14-4-9(3-12(18)15(14)19)21-13-5-11(17)10(16)2-8(13)6-20-21/h2-6H,7H2,1H3. The molecule has 23 heavy (non-hydrogen) atoms. The lowest BCUT2D eigenvalue weighted by molar-refractivity contribution is 0.0478. The Balaban J connectivity index is 2.15. The van der Waals surface area contributed by atoms with Crippen molar-refractivity contribution in [3.63, 3.8) is 0 Å². The van der Waals surface area contributed by atoms with Crippen molar-refractivity contribution >= 4 is 38.4 Å². The van der Waals surface area contributed by atoms with Gasteiger partial charge in [-0.3, -0.25) is 0 Å². The van der Waals surface area contributed by atoms with Crippen LogP contribution >= 0.6 is 27.5 Å². The summed E-state index contributed by atoms with van der Waals surface area (Å²) in [6.45, 7) is -0.196. The van der Waals surface area contributed by atoms with E-state index in [9.17, 15) is 8.78 Å². The van der Waals surface area contributed by atoms with Gasteiger partial charge in [-0.05, 0) is 28.1 Å². The van der Waals surface area contributed by atoms with E-state index in [-0.39, 0.29) is 12.5 Å². The zero-order chi connectivity index (χ0) is 16.6. The molecule has 2 aromatic carbocycles. The van der Waals surface area contributed by atoms with E-state index in [0.29, 0.717) is 16.2 Å². The molecule has 0 atom stereocenters. The van der Waals surface area contributed by atoms with Gasteiger partial charge in [0.2, 0.25) is 5.82 Å². The Labute approximate surface area is 143 Å². The number of hydrogen-bond donors (Lipinski definition) is 0. The van der Waals surface area contributed by atoms with Crippen molar-refractivity contribution in [2.24, 2.45) is 0 Å². The zero-order valence-electron chi connectivity index (χ0n) is 11.8. The lowest BCUT2D eigenvalue weighted by Gasteiger charge is -2.10. The van der Waals surface area contributed by atoms with Crippen molar-refractivity contribution in [3.05, 3.63) is 51.6 Å². The van der Waals surface area contributed by atoms with Gasteiger partial charge in [0.25, 0.3) is 0 Å². The van der Waals surface area contributed by atoms with E-state index in [4.69, 9.17) is 21.1 Å². The maximum Gasteiger partial charge on any atom is 0.200 e. The van der Waals surface area contributed by atoms with Crippen LogP contribution in [0.3, 0.4) is 0 Å². The third-order valence-electron chi connectivity index (χ3n) is 3.17. The molecular weight excluding hydrogens is 394 g/mol. The summed E-state index contributed by atoms with van der Waals surface area (Å²) < 4.78 is 39.5. The summed E-state index contributed by atoms with van der Waals surface area (Å²) in [7, 11) is 1.39. The Hall–Kier alpha value is -1.70. The molecule has 8 heteroatoms. The van der Waals surface area contributed by atoms with Crippen molar-refractivity contribution in [2.75, 3.05) is 13.9 Å². The molecule has 1 heterocycles. The van der Waals surface area contributed by atoms with Crippen molar-refractivity contribution < 1.29 is 18.3 Å². The van der Waals surface area contributed by atoms with Crippen molar-refractivity contribution in [1.29, 1.82) is 0 Å². The van der Waals surface area contributed by atoms with Crippen molar-refractivity contribution in [1.82, 2.24) is 9.78 Å². The molecule has 0 spiro atoms. The summed E-state index contributed by atoms with van der Waals surface area (Å²) >= 11 is 9.43. The van der Waals surface area contributed by atoms with Crippen LogP contribution in [0.2, 0.25) is 5.02 Å². The number of fused-ring (bicyclic) bond motifs is 1. The largest absolute Gasteiger partial charge is 0.464 e. The van der Waals surface area contributed by atoms with Gasteiger partial charge in [-0.1, -0.05) is 11.6 Å². The molecule has 0 unspecified atom stereocenters. The Bertz CT molecular complexity index is 886. The SMILES string of the molecule is COCOc1cc(-n2ncc3cc(Br)c(Cl)cc32)cc(F)c1F. The highest BCUT2D eigenvalue weighted by Gasteiger charge is 2.15. The highest BCUT2D eigenvalue weighted by atomic mass is 79.9. The predicted molar refractivity (Wildman–Crippen MR) is 86.2 cm³/mol. The van der Waals surface area contributed by atoms with Gasteiger partial charge in [0.05, 0.1) is 22.4 Å². The zero-order valence-corrected chi connectivity index (χ0v) is 14.2. The normalized spacial score (nSPS) is 11.2. The first-order valence-electron chi connectivity index (χ1n) is 6.45. The topological polar surface area (TPSA) is 36.3 Å². The summed E-state index contributed by atoms with van der Waals surface area (Å²) in [5, 5.41) is 5.48. The summed E-state index contributed by atoms with van der Waals surface area (Å²) in [5.41, 5.74) is 0.963. The first kappa shape index (κ1) is 16.2. The van der Waals surface area contributed by atoms with Gasteiger partial charge < -0.3 is 9.47 Å². The molecule has 120 valence electrons. The maximum absolute atomic E-state index is 13.8. The molecular formula is C15H10BrClF2N2O2. The number of benzene rings is 2. The minimum atomic E-state index is -1.08. The van der Waals surface area contributed by atoms with Crippen LogP contribution in [0, 0.1) is 11.6 Å². The third-order valence-corrected chi connectivity index (χ3v) is 4.36. The van der Waals surface area contributed by atoms with Crippen LogP contribution < -0.4 is 4.74 Å². The van der Waals surface area contributed by atoms with Gasteiger partial charge in [-0.15, -0.1) is 0 Å². The number of hydrogen-bond acceptors (Lipinski definition) is 3. The fraction of sp³-hybridized carbons (Fsp3) is 0.133. The monoisotopic (exact) mass is 402 g/mol. The minimum absolute atomic E-state index is 0.196. The minimum Gasteiger partial charge on any atom is -0.464 e. The molecule has 0 aliphatic rings. The Morgan fingerprint density at radius 2 is 2.04 bits per heavy atom. The van der Waals surface area contributed by atoms with Gasteiger partial charge in [0.15, 0.2) is 18.4 Å². The average molecular weight is 404 g/mol. The van der Waals surface area contributed by atoms with E-state index in [1.165, 1.54) is 17.9 Å². The molecule has 4 nitrogen and oxygen atoms in total. The number of rotatable bonds is 4. The van der Waals surface area contributed by atoms with Crippen molar-refractivity contribution in [2.45, 2.75) is 0 Å². The summed E-state index contributed by atoms with van der Waals surface area (Å²) in [5.74, 6) is -2.38. The first-order chi connectivity index (χ1) is 11.0. The second kappa shape index (κ2) is 6.43. The summed E-state index contributed by atoms with van der Waals surface area (Å²) in [4.78, 5) is 0. The molecule has 0 saturated heterocycles. The second-order valence-corrected chi connectivity index (χ2v) is 5.93. The van der Waals surface area contributed by atoms with Crippen LogP contribution in [0.5, 0.6) is 5.75 Å². The number of aromatic nitrogens is 2. The van der Waals surface area contributed by atoms with Gasteiger partial charge in [0, 0.05) is 29.1 Å². The molecule has 0 N–H and O–H groups in total. The van der Waals surface area contributed by atoms with Gasteiger partial charge in [0.1, 0.15) is 0 Å². The predicted octanol–water partition coefficient (Wildman–Crippen LogP) is 4.70. The number of halogens is 4. The smallest absolute Gasteiger partial charge is 0.200 e. The molecule has 1 aromatic heterocycles. The molecule has 3 aromatic rings. The number of nitrogens with zero attached hydrogens (tertiary/aromatic N) is 2. The Kier molecular flexibility index (Phi) is 4.52. The fourth-order valence-electron chi connectivity index (χ4n) is 2.13. The van der Waals surface area contributed by atoms with E-state index < -0.39 is 11.6 Å². The average Bonchev–Trinajstić information content (AvgIpc) is 2.92. The number of methoxy groups -OCH3 is 1. The van der Waals surface area contributed by atoms with Crippen LogP contribution in [0.1, 0.15) is 0 Å². The molecule has 0 amide bonds. The Morgan fingerprint density at radius 3 is 2.78 bits per heavy atom. The van der Waals surface area contributed by atoms with Gasteiger partial charge >= 0.3 is 0 Å². The third kappa shape index (κ3) is 3.04. The highest BCUT2D eigenvalue weighted by molar-refractivity contribution is 9.10. The van der Waals surface area contributed by atoms with Crippen LogP contribution in [0.15, 0.2) is 34.9 Å². The lowest BCUT2D eigenvalue weighted by atomic mass is 10.2. The van der Waals surface area contributed by atoms with Crippen LogP contribution in [-0.4, -0.2) is 23.7 Å². The molecule has 0 aliphatic carbocycles. The second-order valence-electron chi connectivity index (χ2n) is 4.67. The van der Waals surface area contributed by atoms with Gasteiger partial charge in [-0.25, -0.2) is 9.07 Å². The van der Waals surface area contributed by atoms with Crippen molar-refractivity contribution in [3.8, 4) is 11.4 Å². The molecule has 0 radical (unpaired) electrons. The van der Waals surface area contributed by atoms with E-state index in [0.717, 1.165) is 15.9 Å². The van der Waals surface area contributed by atoms with E-state index in [2.05, 4.69) is 21.0 Å². The highest BCUT2D eigenvalue weighted by Crippen LogP contribution is 2.31. The number of ether oxygens (including phenoxy) is 2. The van der Waals surface area contributed by atoms with E-state index >= 15 is 0 Å². The molecule has 0 aliphatic heterocycles. The maximum atomic E-state index is 13.8. The van der Waals surface area contributed by atoms with Crippen LogP contribution in [0.25, 0.3) is 16.6 Å². The first-order valence-corrected chi connectivity index (χ1v) is 7.62. The molecule has 0 fully saturated rings. The van der Waals surface area contributed by atoms with Gasteiger partial charge in [-0.2, -0.15) is 9.49 Å². The fourth-order valence-corrected chi connectivity index (χ4v) is 2.65. The van der Waals surface area contributed by atoms with Crippen LogP contribution in [-0.2, 0) is 4.74 Å². The van der Waals surface area contributed by atoms with Crippen LogP contribution in [0.4, 0.5) is 8.78 Å².